The molecule has 0 N–H and O–H groups in total. The molecule has 4 rings (SSSR count). The summed E-state index contributed by atoms with van der Waals surface area (Å²) in [6.45, 7) is 1.17. The van der Waals surface area contributed by atoms with Crippen LogP contribution < -0.4 is 0 Å². The quantitative estimate of drug-likeness (QED) is 0.603. The maximum atomic E-state index is 13.1. The predicted octanol–water partition coefficient (Wildman–Crippen LogP) is 4.22. The van der Waals surface area contributed by atoms with E-state index in [-0.39, 0.29) is 28.9 Å². The number of hydrogen-bond acceptors (Lipinski definition) is 4. The van der Waals surface area contributed by atoms with Gasteiger partial charge in [0.15, 0.2) is 0 Å². The zero-order valence-corrected chi connectivity index (χ0v) is 17.9. The maximum absolute atomic E-state index is 13.1. The van der Waals surface area contributed by atoms with Crippen LogP contribution in [0.1, 0.15) is 9.67 Å². The Bertz CT molecular complexity index is 1120. The van der Waals surface area contributed by atoms with E-state index in [4.69, 9.17) is 11.6 Å². The number of benzene rings is 2. The summed E-state index contributed by atoms with van der Waals surface area (Å²) in [6.07, 6.45) is 0. The average molecular weight is 447 g/mol. The first-order valence-electron chi connectivity index (χ1n) is 9.15. The highest BCUT2D eigenvalue weighted by atomic mass is 35.5. The fourth-order valence-corrected chi connectivity index (χ4v) is 6.19. The highest BCUT2D eigenvalue weighted by molar-refractivity contribution is 7.89. The van der Waals surface area contributed by atoms with Gasteiger partial charge in [0.2, 0.25) is 10.0 Å². The van der Waals surface area contributed by atoms with E-state index >= 15 is 0 Å². The number of carbonyl (C=O) groups is 1. The second-order valence-corrected chi connectivity index (χ2v) is 9.89. The van der Waals surface area contributed by atoms with Crippen LogP contribution in [0.2, 0.25) is 5.02 Å². The molecule has 1 fully saturated rings. The first-order chi connectivity index (χ1) is 14.0. The van der Waals surface area contributed by atoms with Crippen molar-refractivity contribution in [3.8, 4) is 11.1 Å². The normalized spacial score (nSPS) is 15.4. The fraction of sp³-hybridized carbons (Fsp3) is 0.190. The zero-order chi connectivity index (χ0) is 20.4. The van der Waals surface area contributed by atoms with Crippen molar-refractivity contribution in [3.63, 3.8) is 0 Å². The number of sulfonamides is 1. The smallest absolute Gasteiger partial charge is 0.264 e. The van der Waals surface area contributed by atoms with E-state index in [2.05, 4.69) is 0 Å². The van der Waals surface area contributed by atoms with Gasteiger partial charge in [0.05, 0.1) is 9.90 Å². The van der Waals surface area contributed by atoms with E-state index in [0.717, 1.165) is 11.1 Å². The number of nitrogens with zero attached hydrogens (tertiary/aromatic N) is 2. The largest absolute Gasteiger partial charge is 0.335 e. The van der Waals surface area contributed by atoms with Crippen molar-refractivity contribution in [2.45, 2.75) is 4.90 Å². The minimum Gasteiger partial charge on any atom is -0.335 e. The Balaban J connectivity index is 1.49. The molecule has 0 saturated carbocycles. The summed E-state index contributed by atoms with van der Waals surface area (Å²) >= 11 is 7.49. The molecule has 150 valence electrons. The molecule has 29 heavy (non-hydrogen) atoms. The van der Waals surface area contributed by atoms with E-state index in [1.54, 1.807) is 23.1 Å². The number of thiophene rings is 1. The lowest BCUT2D eigenvalue weighted by Crippen LogP contribution is -2.50. The molecule has 1 aliphatic rings. The van der Waals surface area contributed by atoms with Crippen molar-refractivity contribution in [3.05, 3.63) is 75.9 Å². The lowest BCUT2D eigenvalue weighted by molar-refractivity contribution is 0.0703. The molecule has 5 nitrogen and oxygen atoms in total. The Morgan fingerprint density at radius 2 is 1.55 bits per heavy atom. The number of piperazine rings is 1. The van der Waals surface area contributed by atoms with Crippen LogP contribution in [0.25, 0.3) is 11.1 Å². The molecule has 0 aliphatic carbocycles. The van der Waals surface area contributed by atoms with E-state index in [1.807, 2.05) is 41.8 Å². The lowest BCUT2D eigenvalue weighted by atomic mass is 10.1. The highest BCUT2D eigenvalue weighted by Gasteiger charge is 2.32. The minimum atomic E-state index is -3.68. The summed E-state index contributed by atoms with van der Waals surface area (Å²) in [6, 6.07) is 18.2. The van der Waals surface area contributed by atoms with Crippen LogP contribution in [-0.4, -0.2) is 49.7 Å². The Hall–Kier alpha value is -2.19. The lowest BCUT2D eigenvalue weighted by Gasteiger charge is -2.34. The summed E-state index contributed by atoms with van der Waals surface area (Å²) in [5, 5.41) is 2.12. The fourth-order valence-electron chi connectivity index (χ4n) is 3.39. The van der Waals surface area contributed by atoms with Gasteiger partial charge in [-0.2, -0.15) is 4.31 Å². The first kappa shape index (κ1) is 20.1. The zero-order valence-electron chi connectivity index (χ0n) is 15.5. The van der Waals surface area contributed by atoms with Crippen LogP contribution >= 0.6 is 22.9 Å². The molecule has 0 atom stereocenters. The van der Waals surface area contributed by atoms with Crippen LogP contribution in [0.3, 0.4) is 0 Å². The summed E-state index contributed by atoms with van der Waals surface area (Å²) in [5.74, 6) is -0.0614. The van der Waals surface area contributed by atoms with Gasteiger partial charge in [-0.05, 0) is 29.1 Å². The topological polar surface area (TPSA) is 57.7 Å². The van der Waals surface area contributed by atoms with Gasteiger partial charge in [-0.3, -0.25) is 4.79 Å². The number of carbonyl (C=O) groups excluding carboxylic acids is 1. The summed E-state index contributed by atoms with van der Waals surface area (Å²) in [5.41, 5.74) is 1.91. The van der Waals surface area contributed by atoms with Gasteiger partial charge in [-0.15, -0.1) is 11.3 Å². The van der Waals surface area contributed by atoms with Gasteiger partial charge >= 0.3 is 0 Å². The standard InChI is InChI=1S/C21H19ClN2O3S2/c22-18-8-4-5-9-19(18)29(26,27)24-13-11-23(12-14-24)21(25)20-17(10-15-28-20)16-6-2-1-3-7-16/h1-10,15H,11-14H2. The van der Waals surface area contributed by atoms with E-state index in [9.17, 15) is 13.2 Å². The van der Waals surface area contributed by atoms with Crippen molar-refractivity contribution in [1.82, 2.24) is 9.21 Å². The maximum Gasteiger partial charge on any atom is 0.264 e. The number of rotatable bonds is 4. The third-order valence-corrected chi connectivity index (χ3v) is 8.23. The monoisotopic (exact) mass is 446 g/mol. The highest BCUT2D eigenvalue weighted by Crippen LogP contribution is 2.30. The van der Waals surface area contributed by atoms with Crippen molar-refractivity contribution in [2.75, 3.05) is 26.2 Å². The van der Waals surface area contributed by atoms with Gasteiger partial charge < -0.3 is 4.90 Å². The van der Waals surface area contributed by atoms with Crippen LogP contribution in [0.5, 0.6) is 0 Å². The van der Waals surface area contributed by atoms with Crippen LogP contribution in [-0.2, 0) is 10.0 Å². The number of amides is 1. The van der Waals surface area contributed by atoms with Gasteiger partial charge in [0.1, 0.15) is 4.90 Å². The van der Waals surface area contributed by atoms with Crippen molar-refractivity contribution < 1.29 is 13.2 Å². The summed E-state index contributed by atoms with van der Waals surface area (Å²) in [7, 11) is -3.68. The molecule has 1 amide bonds. The molecule has 0 radical (unpaired) electrons. The van der Waals surface area contributed by atoms with Crippen molar-refractivity contribution >= 4 is 38.9 Å². The molecule has 1 aliphatic heterocycles. The Labute approximate surface area is 179 Å². The number of hydrogen-bond donors (Lipinski definition) is 0. The first-order valence-corrected chi connectivity index (χ1v) is 11.8. The minimum absolute atomic E-state index is 0.0614. The van der Waals surface area contributed by atoms with Crippen molar-refractivity contribution in [1.29, 1.82) is 0 Å². The average Bonchev–Trinajstić information content (AvgIpc) is 3.24. The predicted molar refractivity (Wildman–Crippen MR) is 116 cm³/mol. The van der Waals surface area contributed by atoms with E-state index < -0.39 is 10.0 Å². The molecule has 3 aromatic rings. The molecule has 1 saturated heterocycles. The molecule has 0 bridgehead atoms. The Kier molecular flexibility index (Phi) is 5.74. The second-order valence-electron chi connectivity index (χ2n) is 6.66. The van der Waals surface area contributed by atoms with Crippen LogP contribution in [0, 0.1) is 0 Å². The molecule has 8 heteroatoms. The van der Waals surface area contributed by atoms with E-state index in [0.29, 0.717) is 18.0 Å². The summed E-state index contributed by atoms with van der Waals surface area (Å²) < 4.78 is 27.2. The Morgan fingerprint density at radius 1 is 0.897 bits per heavy atom. The Morgan fingerprint density at radius 3 is 2.24 bits per heavy atom. The van der Waals surface area contributed by atoms with Gasteiger partial charge in [0, 0.05) is 31.7 Å². The third-order valence-electron chi connectivity index (χ3n) is 4.92. The third kappa shape index (κ3) is 3.96. The second kappa shape index (κ2) is 8.28. The molecule has 0 spiro atoms. The number of halogens is 1. The SMILES string of the molecule is O=C(c1sccc1-c1ccccc1)N1CCN(S(=O)(=O)c2ccccc2Cl)CC1. The molecule has 2 heterocycles. The van der Waals surface area contributed by atoms with E-state index in [1.165, 1.54) is 21.7 Å². The molecular formula is C21H19ClN2O3S2. The van der Waals surface area contributed by atoms with Crippen molar-refractivity contribution in [2.24, 2.45) is 0 Å². The molecule has 2 aromatic carbocycles. The van der Waals surface area contributed by atoms with Gasteiger partial charge in [-0.1, -0.05) is 54.1 Å². The summed E-state index contributed by atoms with van der Waals surface area (Å²) in [4.78, 5) is 15.6. The van der Waals surface area contributed by atoms with Crippen LogP contribution in [0.4, 0.5) is 0 Å². The van der Waals surface area contributed by atoms with Crippen LogP contribution in [0.15, 0.2) is 70.9 Å². The van der Waals surface area contributed by atoms with Gasteiger partial charge in [0.25, 0.3) is 5.91 Å². The molecule has 0 unspecified atom stereocenters. The molecule has 1 aromatic heterocycles. The molecular weight excluding hydrogens is 428 g/mol. The van der Waals surface area contributed by atoms with Gasteiger partial charge in [-0.25, -0.2) is 8.42 Å².